The van der Waals surface area contributed by atoms with Crippen molar-refractivity contribution in [1.82, 2.24) is 10.3 Å². The van der Waals surface area contributed by atoms with Crippen LogP contribution in [0, 0.1) is 0 Å². The fraction of sp³-hybridized carbons (Fsp3) is 0.353. The highest BCUT2D eigenvalue weighted by molar-refractivity contribution is 5.37. The first-order valence-electron chi connectivity index (χ1n) is 7.46. The molecule has 0 bridgehead atoms. The van der Waals surface area contributed by atoms with Crippen LogP contribution in [-0.4, -0.2) is 29.9 Å². The summed E-state index contributed by atoms with van der Waals surface area (Å²) in [6, 6.07) is 9.14. The zero-order valence-corrected chi connectivity index (χ0v) is 12.4. The van der Waals surface area contributed by atoms with E-state index in [2.05, 4.69) is 10.3 Å². The van der Waals surface area contributed by atoms with Gasteiger partial charge in [0.15, 0.2) is 0 Å². The van der Waals surface area contributed by atoms with Gasteiger partial charge in [-0.15, -0.1) is 0 Å². The number of ether oxygens (including phenoxy) is 1. The molecule has 2 atom stereocenters. The molecular weight excluding hydrogens is 305 g/mol. The van der Waals surface area contributed by atoms with Crippen molar-refractivity contribution in [3.63, 3.8) is 0 Å². The van der Waals surface area contributed by atoms with E-state index >= 15 is 0 Å². The van der Waals surface area contributed by atoms with Gasteiger partial charge in [0, 0.05) is 25.4 Å². The monoisotopic (exact) mass is 322 g/mol. The van der Waals surface area contributed by atoms with Crippen LogP contribution in [0.1, 0.15) is 11.1 Å². The largest absolute Gasteiger partial charge is 0.488 e. The number of halogens is 3. The van der Waals surface area contributed by atoms with Crippen molar-refractivity contribution in [2.75, 3.05) is 6.54 Å². The predicted octanol–water partition coefficient (Wildman–Crippen LogP) is 3.15. The van der Waals surface area contributed by atoms with E-state index in [0.717, 1.165) is 11.3 Å². The fourth-order valence-corrected chi connectivity index (χ4v) is 2.70. The highest BCUT2D eigenvalue weighted by atomic mass is 19.4. The van der Waals surface area contributed by atoms with Crippen LogP contribution in [-0.2, 0) is 12.8 Å². The van der Waals surface area contributed by atoms with Crippen molar-refractivity contribution in [3.05, 3.63) is 59.9 Å². The molecule has 122 valence electrons. The van der Waals surface area contributed by atoms with Gasteiger partial charge >= 0.3 is 6.18 Å². The highest BCUT2D eigenvalue weighted by Gasteiger charge is 2.40. The number of pyridine rings is 1. The van der Waals surface area contributed by atoms with Crippen molar-refractivity contribution in [2.24, 2.45) is 0 Å². The van der Waals surface area contributed by atoms with Gasteiger partial charge in [0.25, 0.3) is 0 Å². The molecule has 3 rings (SSSR count). The Labute approximate surface area is 132 Å². The van der Waals surface area contributed by atoms with Gasteiger partial charge in [0.1, 0.15) is 17.9 Å². The molecule has 0 radical (unpaired) electrons. The third-order valence-corrected chi connectivity index (χ3v) is 3.89. The Morgan fingerprint density at radius 3 is 2.61 bits per heavy atom. The van der Waals surface area contributed by atoms with Gasteiger partial charge in [-0.2, -0.15) is 13.2 Å². The summed E-state index contributed by atoms with van der Waals surface area (Å²) in [4.78, 5) is 3.83. The number of hydrogen-bond acceptors (Lipinski definition) is 3. The molecule has 1 aromatic carbocycles. The number of hydrogen-bond donors (Lipinski definition) is 1. The minimum absolute atomic E-state index is 0.119. The molecule has 1 aliphatic heterocycles. The maximum Gasteiger partial charge on any atom is 0.404 e. The van der Waals surface area contributed by atoms with Gasteiger partial charge in [-0.05, 0) is 35.7 Å². The number of nitrogens with zero attached hydrogens (tertiary/aromatic N) is 1. The van der Waals surface area contributed by atoms with E-state index in [1.165, 1.54) is 12.4 Å². The molecule has 0 spiro atoms. The van der Waals surface area contributed by atoms with E-state index in [4.69, 9.17) is 4.74 Å². The first kappa shape index (κ1) is 15.8. The van der Waals surface area contributed by atoms with Crippen LogP contribution < -0.4 is 10.1 Å². The predicted molar refractivity (Wildman–Crippen MR) is 80.3 cm³/mol. The molecule has 0 saturated heterocycles. The van der Waals surface area contributed by atoms with Gasteiger partial charge in [-0.1, -0.05) is 18.2 Å². The molecule has 2 unspecified atom stereocenters. The second-order valence-corrected chi connectivity index (χ2v) is 5.61. The maximum absolute atomic E-state index is 13.2. The molecule has 1 aromatic heterocycles. The highest BCUT2D eigenvalue weighted by Crippen LogP contribution is 2.28. The molecule has 6 heteroatoms. The summed E-state index contributed by atoms with van der Waals surface area (Å²) in [5.41, 5.74) is 1.64. The number of fused-ring (bicyclic) bond motifs is 1. The topological polar surface area (TPSA) is 34.2 Å². The number of alkyl halides is 3. The second-order valence-electron chi connectivity index (χ2n) is 5.61. The van der Waals surface area contributed by atoms with Crippen molar-refractivity contribution in [1.29, 1.82) is 0 Å². The Morgan fingerprint density at radius 1 is 1.17 bits per heavy atom. The minimum atomic E-state index is -4.31. The zero-order chi connectivity index (χ0) is 16.3. The van der Waals surface area contributed by atoms with Crippen LogP contribution in [0.2, 0.25) is 0 Å². The van der Waals surface area contributed by atoms with E-state index in [9.17, 15) is 13.2 Å². The molecule has 1 N–H and O–H groups in total. The van der Waals surface area contributed by atoms with Crippen LogP contribution >= 0.6 is 0 Å². The lowest BCUT2D eigenvalue weighted by Gasteiger charge is -2.23. The van der Waals surface area contributed by atoms with Crippen molar-refractivity contribution in [3.8, 4) is 5.75 Å². The lowest BCUT2D eigenvalue weighted by Crippen LogP contribution is -2.47. The molecule has 23 heavy (non-hydrogen) atoms. The molecule has 2 heterocycles. The SMILES string of the molecule is FC(F)(F)C(Cc1ccncc1)NCC1Cc2ccccc2O1. The lowest BCUT2D eigenvalue weighted by atomic mass is 10.1. The fourth-order valence-electron chi connectivity index (χ4n) is 2.70. The average Bonchev–Trinajstić information content (AvgIpc) is 2.94. The van der Waals surface area contributed by atoms with Gasteiger partial charge in [0.2, 0.25) is 0 Å². The quantitative estimate of drug-likeness (QED) is 0.918. The summed E-state index contributed by atoms with van der Waals surface area (Å²) in [6.07, 6.45) is -1.07. The van der Waals surface area contributed by atoms with E-state index in [1.54, 1.807) is 12.1 Å². The first-order chi connectivity index (χ1) is 11.0. The van der Waals surface area contributed by atoms with E-state index in [-0.39, 0.29) is 19.1 Å². The lowest BCUT2D eigenvalue weighted by molar-refractivity contribution is -0.156. The van der Waals surface area contributed by atoms with Crippen molar-refractivity contribution in [2.45, 2.75) is 31.2 Å². The number of aromatic nitrogens is 1. The van der Waals surface area contributed by atoms with Crippen LogP contribution in [0.25, 0.3) is 0 Å². The Hall–Kier alpha value is -2.08. The number of nitrogens with one attached hydrogen (secondary N) is 1. The molecule has 1 aliphatic rings. The molecular formula is C17H17F3N2O. The van der Waals surface area contributed by atoms with Crippen molar-refractivity contribution < 1.29 is 17.9 Å². The van der Waals surface area contributed by atoms with Crippen LogP contribution in [0.5, 0.6) is 5.75 Å². The third kappa shape index (κ3) is 4.01. The van der Waals surface area contributed by atoms with E-state index in [0.29, 0.717) is 12.0 Å². The van der Waals surface area contributed by atoms with Crippen LogP contribution in [0.15, 0.2) is 48.8 Å². The normalized spacial score (nSPS) is 18.3. The number of rotatable bonds is 5. The summed E-state index contributed by atoms with van der Waals surface area (Å²) in [5.74, 6) is 0.761. The van der Waals surface area contributed by atoms with E-state index < -0.39 is 12.2 Å². The Bertz CT molecular complexity index is 621. The molecule has 0 amide bonds. The van der Waals surface area contributed by atoms with Crippen LogP contribution in [0.4, 0.5) is 13.2 Å². The first-order valence-corrected chi connectivity index (χ1v) is 7.46. The third-order valence-electron chi connectivity index (χ3n) is 3.89. The Kier molecular flexibility index (Phi) is 4.52. The van der Waals surface area contributed by atoms with Gasteiger partial charge in [-0.3, -0.25) is 4.98 Å². The average molecular weight is 322 g/mol. The smallest absolute Gasteiger partial charge is 0.404 e. The van der Waals surface area contributed by atoms with Gasteiger partial charge < -0.3 is 10.1 Å². The molecule has 0 fully saturated rings. The zero-order valence-electron chi connectivity index (χ0n) is 12.4. The molecule has 2 aromatic rings. The number of benzene rings is 1. The molecule has 3 nitrogen and oxygen atoms in total. The minimum Gasteiger partial charge on any atom is -0.488 e. The molecule has 0 saturated carbocycles. The van der Waals surface area contributed by atoms with Crippen molar-refractivity contribution >= 4 is 0 Å². The molecule has 0 aliphatic carbocycles. The van der Waals surface area contributed by atoms with Gasteiger partial charge in [0.05, 0.1) is 0 Å². The van der Waals surface area contributed by atoms with Gasteiger partial charge in [-0.25, -0.2) is 0 Å². The Morgan fingerprint density at radius 2 is 1.91 bits per heavy atom. The summed E-state index contributed by atoms with van der Waals surface area (Å²) in [6.45, 7) is 0.157. The maximum atomic E-state index is 13.2. The Balaban J connectivity index is 1.60. The summed E-state index contributed by atoms with van der Waals surface area (Å²) in [5, 5.41) is 2.61. The summed E-state index contributed by atoms with van der Waals surface area (Å²) < 4.78 is 45.4. The summed E-state index contributed by atoms with van der Waals surface area (Å²) >= 11 is 0. The van der Waals surface area contributed by atoms with E-state index in [1.807, 2.05) is 24.3 Å². The summed E-state index contributed by atoms with van der Waals surface area (Å²) in [7, 11) is 0. The second kappa shape index (κ2) is 6.58. The standard InChI is InChI=1S/C17H17F3N2O/c18-17(19,20)16(9-12-5-7-21-8-6-12)22-11-14-10-13-3-1-2-4-15(13)23-14/h1-8,14,16,22H,9-11H2. The number of para-hydroxylation sites is 1. The van der Waals surface area contributed by atoms with Crippen LogP contribution in [0.3, 0.4) is 0 Å².